The average Bonchev–Trinajstić information content (AvgIpc) is 3.03. The Morgan fingerprint density at radius 3 is 2.42 bits per heavy atom. The number of para-hydroxylation sites is 1. The fourth-order valence-electron chi connectivity index (χ4n) is 5.22. The topological polar surface area (TPSA) is 132 Å². The molecule has 4 rings (SSSR count). The number of carbonyl (C=O) groups is 3. The van der Waals surface area contributed by atoms with Gasteiger partial charge in [0, 0.05) is 35.2 Å². The number of benzene rings is 3. The molecule has 2 atom stereocenters. The maximum absolute atomic E-state index is 14.2. The summed E-state index contributed by atoms with van der Waals surface area (Å²) in [5, 5.41) is 18.7. The minimum Gasteiger partial charge on any atom is -0.508 e. The summed E-state index contributed by atoms with van der Waals surface area (Å²) in [6.45, 7) is 4.50. The molecule has 0 radical (unpaired) electrons. The summed E-state index contributed by atoms with van der Waals surface area (Å²) in [6.07, 6.45) is 0.955. The summed E-state index contributed by atoms with van der Waals surface area (Å²) in [4.78, 5) is 44.3. The minimum atomic E-state index is -0.945. The van der Waals surface area contributed by atoms with Gasteiger partial charge in [-0.2, -0.15) is 0 Å². The standard InChI is InChI=1S/C33H38IN5O6/c1-4-16-35-19-30(41)39-27(17-22-10-14-26(40)15-11-22)32(42)38(20-24-6-5-7-28(44-2)31(24)45-3)21-29(39)37-33(43)36-18-23-8-12-25(34)13-9-23/h4-15,27,29,35,40H,1,16-21H2,2-3H3,(H2,36,37,43)/t27-,29+/m0/s1. The molecule has 0 unspecified atom stereocenters. The molecule has 4 amide bonds. The SMILES string of the molecule is C=CCNCC(=O)N1[C@@H](NC(=O)NCc2ccc(I)cc2)CN(Cc2cccc(OC)c2OC)C(=O)[C@@H]1Cc1ccc(O)cc1. The number of amides is 4. The highest BCUT2D eigenvalue weighted by atomic mass is 127. The van der Waals surface area contributed by atoms with Crippen LogP contribution in [0.2, 0.25) is 0 Å². The van der Waals surface area contributed by atoms with Crippen LogP contribution in [0.15, 0.2) is 79.4 Å². The second-order valence-corrected chi connectivity index (χ2v) is 11.7. The van der Waals surface area contributed by atoms with Crippen molar-refractivity contribution >= 4 is 40.4 Å². The normalized spacial score (nSPS) is 16.2. The molecule has 0 bridgehead atoms. The van der Waals surface area contributed by atoms with Crippen LogP contribution in [-0.4, -0.2) is 78.8 Å². The van der Waals surface area contributed by atoms with E-state index in [2.05, 4.69) is 45.1 Å². The van der Waals surface area contributed by atoms with Gasteiger partial charge in [0.05, 0.1) is 27.3 Å². The van der Waals surface area contributed by atoms with E-state index in [0.717, 1.165) is 14.7 Å². The van der Waals surface area contributed by atoms with E-state index in [0.29, 0.717) is 23.6 Å². The first-order valence-electron chi connectivity index (χ1n) is 14.4. The third-order valence-corrected chi connectivity index (χ3v) is 8.11. The van der Waals surface area contributed by atoms with Gasteiger partial charge in [0.15, 0.2) is 11.5 Å². The van der Waals surface area contributed by atoms with Gasteiger partial charge >= 0.3 is 6.03 Å². The molecule has 0 aliphatic carbocycles. The van der Waals surface area contributed by atoms with Crippen molar-refractivity contribution in [3.05, 3.63) is 99.6 Å². The molecule has 1 saturated heterocycles. The monoisotopic (exact) mass is 727 g/mol. The Balaban J connectivity index is 1.66. The number of piperazine rings is 1. The van der Waals surface area contributed by atoms with E-state index < -0.39 is 18.2 Å². The number of phenols is 1. The highest BCUT2D eigenvalue weighted by Crippen LogP contribution is 2.33. The highest BCUT2D eigenvalue weighted by Gasteiger charge is 2.44. The fourth-order valence-corrected chi connectivity index (χ4v) is 5.58. The quantitative estimate of drug-likeness (QED) is 0.121. The summed E-state index contributed by atoms with van der Waals surface area (Å²) < 4.78 is 12.2. The van der Waals surface area contributed by atoms with Crippen molar-refractivity contribution in [2.24, 2.45) is 0 Å². The molecule has 11 nitrogen and oxygen atoms in total. The van der Waals surface area contributed by atoms with E-state index in [-0.39, 0.29) is 50.2 Å². The van der Waals surface area contributed by atoms with Crippen molar-refractivity contribution in [2.75, 3.05) is 33.9 Å². The molecule has 0 aromatic heterocycles. The number of nitrogens with one attached hydrogen (secondary N) is 3. The van der Waals surface area contributed by atoms with Gasteiger partial charge < -0.3 is 40.3 Å². The molecule has 3 aromatic carbocycles. The van der Waals surface area contributed by atoms with Gasteiger partial charge in [-0.1, -0.05) is 42.5 Å². The summed E-state index contributed by atoms with van der Waals surface area (Å²) in [7, 11) is 3.08. The number of carbonyl (C=O) groups excluding carboxylic acids is 3. The third kappa shape index (κ3) is 8.88. The highest BCUT2D eigenvalue weighted by molar-refractivity contribution is 14.1. The van der Waals surface area contributed by atoms with Crippen molar-refractivity contribution in [2.45, 2.75) is 31.7 Å². The Labute approximate surface area is 276 Å². The van der Waals surface area contributed by atoms with Crippen LogP contribution in [0.25, 0.3) is 0 Å². The van der Waals surface area contributed by atoms with Crippen LogP contribution < -0.4 is 25.4 Å². The van der Waals surface area contributed by atoms with Gasteiger partial charge in [0.2, 0.25) is 11.8 Å². The molecule has 1 heterocycles. The molecule has 238 valence electrons. The van der Waals surface area contributed by atoms with Crippen molar-refractivity contribution < 1.29 is 29.0 Å². The number of rotatable bonds is 13. The lowest BCUT2D eigenvalue weighted by Gasteiger charge is -2.46. The van der Waals surface area contributed by atoms with Gasteiger partial charge in [0.1, 0.15) is 18.0 Å². The number of aromatic hydroxyl groups is 1. The predicted molar refractivity (Wildman–Crippen MR) is 179 cm³/mol. The van der Waals surface area contributed by atoms with E-state index in [4.69, 9.17) is 9.47 Å². The summed E-state index contributed by atoms with van der Waals surface area (Å²) >= 11 is 2.22. The number of phenolic OH excluding ortho intramolecular Hbond substituents is 1. The number of nitrogens with zero attached hydrogens (tertiary/aromatic N) is 2. The first-order chi connectivity index (χ1) is 21.7. The molecular formula is C33H38IN5O6. The number of urea groups is 1. The van der Waals surface area contributed by atoms with Crippen LogP contribution in [0.4, 0.5) is 4.79 Å². The Bertz CT molecular complexity index is 1480. The Morgan fingerprint density at radius 1 is 1.04 bits per heavy atom. The van der Waals surface area contributed by atoms with E-state index in [9.17, 15) is 19.5 Å². The zero-order valence-corrected chi connectivity index (χ0v) is 27.5. The molecule has 0 saturated carbocycles. The van der Waals surface area contributed by atoms with Crippen molar-refractivity contribution in [1.29, 1.82) is 0 Å². The fraction of sp³-hybridized carbons (Fsp3) is 0.303. The molecule has 1 aliphatic heterocycles. The van der Waals surface area contributed by atoms with Crippen LogP contribution in [-0.2, 0) is 29.1 Å². The Morgan fingerprint density at radius 2 is 1.76 bits per heavy atom. The maximum Gasteiger partial charge on any atom is 0.316 e. The van der Waals surface area contributed by atoms with Crippen LogP contribution >= 0.6 is 22.6 Å². The molecule has 45 heavy (non-hydrogen) atoms. The number of hydrogen-bond donors (Lipinski definition) is 4. The van der Waals surface area contributed by atoms with Crippen molar-refractivity contribution in [3.8, 4) is 17.2 Å². The van der Waals surface area contributed by atoms with E-state index >= 15 is 0 Å². The Hall–Kier alpha value is -4.30. The smallest absolute Gasteiger partial charge is 0.316 e. The third-order valence-electron chi connectivity index (χ3n) is 7.39. The van der Waals surface area contributed by atoms with Crippen molar-refractivity contribution in [1.82, 2.24) is 25.8 Å². The zero-order chi connectivity index (χ0) is 32.3. The number of hydrogen-bond acceptors (Lipinski definition) is 7. The minimum absolute atomic E-state index is 0.0371. The largest absolute Gasteiger partial charge is 0.508 e. The van der Waals surface area contributed by atoms with Crippen LogP contribution in [0.3, 0.4) is 0 Å². The molecule has 1 aliphatic rings. The zero-order valence-electron chi connectivity index (χ0n) is 25.3. The van der Waals surface area contributed by atoms with Crippen LogP contribution in [0.5, 0.6) is 17.2 Å². The van der Waals surface area contributed by atoms with E-state index in [1.807, 2.05) is 36.4 Å². The van der Waals surface area contributed by atoms with E-state index in [1.54, 1.807) is 36.3 Å². The molecule has 0 spiro atoms. The van der Waals surface area contributed by atoms with E-state index in [1.165, 1.54) is 24.1 Å². The second kappa shape index (κ2) is 16.1. The Kier molecular flexibility index (Phi) is 12.0. The van der Waals surface area contributed by atoms with Gasteiger partial charge in [0.25, 0.3) is 0 Å². The van der Waals surface area contributed by atoms with Gasteiger partial charge in [-0.05, 0) is 64.0 Å². The van der Waals surface area contributed by atoms with Crippen LogP contribution in [0, 0.1) is 3.57 Å². The molecule has 3 aromatic rings. The second-order valence-electron chi connectivity index (χ2n) is 10.4. The lowest BCUT2D eigenvalue weighted by atomic mass is 9.99. The molecular weight excluding hydrogens is 689 g/mol. The average molecular weight is 728 g/mol. The van der Waals surface area contributed by atoms with Gasteiger partial charge in [-0.15, -0.1) is 6.58 Å². The van der Waals surface area contributed by atoms with Gasteiger partial charge in [-0.3, -0.25) is 9.59 Å². The van der Waals surface area contributed by atoms with Gasteiger partial charge in [-0.25, -0.2) is 4.79 Å². The first-order valence-corrected chi connectivity index (χ1v) is 15.5. The number of methoxy groups -OCH3 is 2. The first kappa shape index (κ1) is 33.6. The van der Waals surface area contributed by atoms with Crippen molar-refractivity contribution in [3.63, 3.8) is 0 Å². The lowest BCUT2D eigenvalue weighted by molar-refractivity contribution is -0.157. The predicted octanol–water partition coefficient (Wildman–Crippen LogP) is 3.40. The summed E-state index contributed by atoms with van der Waals surface area (Å²) in [5.74, 6) is 0.467. The summed E-state index contributed by atoms with van der Waals surface area (Å²) in [5.41, 5.74) is 2.37. The molecule has 4 N–H and O–H groups in total. The molecule has 12 heteroatoms. The number of ether oxygens (including phenoxy) is 2. The lowest BCUT2D eigenvalue weighted by Crippen LogP contribution is -2.69. The molecule has 1 fully saturated rings. The summed E-state index contributed by atoms with van der Waals surface area (Å²) in [6, 6.07) is 18.3. The maximum atomic E-state index is 14.2. The van der Waals surface area contributed by atoms with Crippen LogP contribution in [0.1, 0.15) is 16.7 Å². The number of halogens is 1.